The molecule has 0 amide bonds. The SMILES string of the molecule is CCCn1nc(C)c([N+](=O)[O-])c1NCCOCCN(C)C. The summed E-state index contributed by atoms with van der Waals surface area (Å²) in [7, 11) is 3.97. The summed E-state index contributed by atoms with van der Waals surface area (Å²) in [5.41, 5.74) is 0.487. The van der Waals surface area contributed by atoms with Crippen LogP contribution in [-0.2, 0) is 11.3 Å². The molecule has 1 aromatic rings. The number of likely N-dealkylation sites (N-methyl/N-ethyl adjacent to an activating group) is 1. The number of nitrogens with one attached hydrogen (secondary N) is 1. The van der Waals surface area contributed by atoms with Crippen LogP contribution in [0, 0.1) is 17.0 Å². The highest BCUT2D eigenvalue weighted by molar-refractivity contribution is 5.59. The highest BCUT2D eigenvalue weighted by Crippen LogP contribution is 2.28. The van der Waals surface area contributed by atoms with Gasteiger partial charge in [0.2, 0.25) is 5.82 Å². The van der Waals surface area contributed by atoms with Gasteiger partial charge in [-0.15, -0.1) is 0 Å². The summed E-state index contributed by atoms with van der Waals surface area (Å²) in [5, 5.41) is 18.4. The number of nitrogens with zero attached hydrogens (tertiary/aromatic N) is 4. The zero-order chi connectivity index (χ0) is 15.8. The van der Waals surface area contributed by atoms with Gasteiger partial charge in [0.1, 0.15) is 5.69 Å². The predicted octanol–water partition coefficient (Wildman–Crippen LogP) is 1.50. The van der Waals surface area contributed by atoms with Crippen LogP contribution in [0.4, 0.5) is 11.5 Å². The fraction of sp³-hybridized carbons (Fsp3) is 0.769. The second-order valence-electron chi connectivity index (χ2n) is 5.11. The number of hydrogen-bond donors (Lipinski definition) is 1. The normalized spacial score (nSPS) is 11.1. The minimum absolute atomic E-state index is 0.0525. The van der Waals surface area contributed by atoms with Gasteiger partial charge in [-0.3, -0.25) is 10.1 Å². The molecule has 8 heteroatoms. The van der Waals surface area contributed by atoms with Crippen LogP contribution in [0.1, 0.15) is 19.0 Å². The Balaban J connectivity index is 2.58. The lowest BCUT2D eigenvalue weighted by atomic mass is 10.4. The van der Waals surface area contributed by atoms with Crippen LogP contribution in [0.2, 0.25) is 0 Å². The third kappa shape index (κ3) is 5.31. The first kappa shape index (κ1) is 17.4. The first-order valence-electron chi connectivity index (χ1n) is 7.15. The molecule has 0 unspecified atom stereocenters. The quantitative estimate of drug-likeness (QED) is 0.400. The average Bonchev–Trinajstić information content (AvgIpc) is 2.70. The predicted molar refractivity (Wildman–Crippen MR) is 81.8 cm³/mol. The molecule has 0 saturated heterocycles. The van der Waals surface area contributed by atoms with Crippen LogP contribution in [-0.4, -0.2) is 60.0 Å². The number of aryl methyl sites for hydroxylation is 2. The van der Waals surface area contributed by atoms with Crippen molar-refractivity contribution in [1.29, 1.82) is 0 Å². The Bertz CT molecular complexity index is 459. The van der Waals surface area contributed by atoms with Crippen molar-refractivity contribution in [2.75, 3.05) is 45.7 Å². The van der Waals surface area contributed by atoms with Crippen molar-refractivity contribution in [1.82, 2.24) is 14.7 Å². The van der Waals surface area contributed by atoms with E-state index in [4.69, 9.17) is 4.74 Å². The van der Waals surface area contributed by atoms with E-state index in [-0.39, 0.29) is 10.6 Å². The summed E-state index contributed by atoms with van der Waals surface area (Å²) in [6, 6.07) is 0. The number of rotatable bonds is 10. The van der Waals surface area contributed by atoms with Gasteiger partial charge in [0, 0.05) is 19.6 Å². The maximum Gasteiger partial charge on any atom is 0.333 e. The molecule has 0 radical (unpaired) electrons. The van der Waals surface area contributed by atoms with Gasteiger partial charge in [0.05, 0.1) is 18.1 Å². The summed E-state index contributed by atoms with van der Waals surface area (Å²) in [4.78, 5) is 12.8. The van der Waals surface area contributed by atoms with Gasteiger partial charge in [0.25, 0.3) is 0 Å². The van der Waals surface area contributed by atoms with Crippen molar-refractivity contribution >= 4 is 11.5 Å². The Morgan fingerprint density at radius 1 is 1.43 bits per heavy atom. The Hall–Kier alpha value is -1.67. The average molecular weight is 299 g/mol. The van der Waals surface area contributed by atoms with Crippen molar-refractivity contribution in [3.8, 4) is 0 Å². The minimum Gasteiger partial charge on any atom is -0.378 e. The largest absolute Gasteiger partial charge is 0.378 e. The Labute approximate surface area is 125 Å². The molecule has 0 bridgehead atoms. The minimum atomic E-state index is -0.385. The molecular weight excluding hydrogens is 274 g/mol. The molecule has 21 heavy (non-hydrogen) atoms. The van der Waals surface area contributed by atoms with Crippen molar-refractivity contribution in [2.24, 2.45) is 0 Å². The van der Waals surface area contributed by atoms with Gasteiger partial charge < -0.3 is 15.0 Å². The lowest BCUT2D eigenvalue weighted by molar-refractivity contribution is -0.384. The lowest BCUT2D eigenvalue weighted by Gasteiger charge is -2.11. The zero-order valence-electron chi connectivity index (χ0n) is 13.3. The Morgan fingerprint density at radius 3 is 2.71 bits per heavy atom. The Morgan fingerprint density at radius 2 is 2.14 bits per heavy atom. The second kappa shape index (κ2) is 8.58. The van der Waals surface area contributed by atoms with E-state index in [1.54, 1.807) is 11.6 Å². The number of aromatic nitrogens is 2. The molecule has 0 aliphatic heterocycles. The fourth-order valence-corrected chi connectivity index (χ4v) is 1.93. The van der Waals surface area contributed by atoms with E-state index in [2.05, 4.69) is 10.4 Å². The van der Waals surface area contributed by atoms with Crippen LogP contribution >= 0.6 is 0 Å². The van der Waals surface area contributed by atoms with E-state index in [0.717, 1.165) is 13.0 Å². The lowest BCUT2D eigenvalue weighted by Crippen LogP contribution is -2.20. The van der Waals surface area contributed by atoms with Gasteiger partial charge in [-0.2, -0.15) is 5.10 Å². The third-order valence-corrected chi connectivity index (χ3v) is 2.94. The van der Waals surface area contributed by atoms with Crippen LogP contribution in [0.25, 0.3) is 0 Å². The van der Waals surface area contributed by atoms with Crippen LogP contribution in [0.5, 0.6) is 0 Å². The third-order valence-electron chi connectivity index (χ3n) is 2.94. The molecule has 1 N–H and O–H groups in total. The Kier molecular flexibility index (Phi) is 7.10. The second-order valence-corrected chi connectivity index (χ2v) is 5.11. The van der Waals surface area contributed by atoms with Gasteiger partial charge in [-0.05, 0) is 27.4 Å². The van der Waals surface area contributed by atoms with Crippen LogP contribution < -0.4 is 5.32 Å². The molecule has 0 fully saturated rings. The number of hydrogen-bond acceptors (Lipinski definition) is 6. The van der Waals surface area contributed by atoms with E-state index in [1.165, 1.54) is 0 Å². The van der Waals surface area contributed by atoms with E-state index in [9.17, 15) is 10.1 Å². The summed E-state index contributed by atoms with van der Waals surface area (Å²) in [6.07, 6.45) is 0.867. The molecule has 0 aromatic carbocycles. The van der Waals surface area contributed by atoms with Crippen molar-refractivity contribution < 1.29 is 9.66 Å². The molecule has 0 aliphatic rings. The number of nitro groups is 1. The van der Waals surface area contributed by atoms with E-state index < -0.39 is 0 Å². The standard InChI is InChI=1S/C13H25N5O3/c1-5-7-17-13(12(18(19)20)11(2)15-17)14-6-9-21-10-8-16(3)4/h14H,5-10H2,1-4H3. The zero-order valence-corrected chi connectivity index (χ0v) is 13.3. The summed E-state index contributed by atoms with van der Waals surface area (Å²) >= 11 is 0. The maximum absolute atomic E-state index is 11.1. The van der Waals surface area contributed by atoms with Crippen LogP contribution in [0.15, 0.2) is 0 Å². The highest BCUT2D eigenvalue weighted by atomic mass is 16.6. The van der Waals surface area contributed by atoms with Gasteiger partial charge in [-0.1, -0.05) is 6.92 Å². The van der Waals surface area contributed by atoms with Crippen molar-refractivity contribution in [3.05, 3.63) is 15.8 Å². The molecule has 8 nitrogen and oxygen atoms in total. The van der Waals surface area contributed by atoms with E-state index >= 15 is 0 Å². The van der Waals surface area contributed by atoms with Crippen molar-refractivity contribution in [3.63, 3.8) is 0 Å². The molecule has 1 rings (SSSR count). The number of anilines is 1. The first-order chi connectivity index (χ1) is 9.97. The van der Waals surface area contributed by atoms with Gasteiger partial charge in [0.15, 0.2) is 0 Å². The first-order valence-corrected chi connectivity index (χ1v) is 7.15. The van der Waals surface area contributed by atoms with E-state index in [1.807, 2.05) is 25.9 Å². The summed E-state index contributed by atoms with van der Waals surface area (Å²) in [5.74, 6) is 0.468. The maximum atomic E-state index is 11.1. The molecule has 0 saturated carbocycles. The topological polar surface area (TPSA) is 85.5 Å². The fourth-order valence-electron chi connectivity index (χ4n) is 1.93. The van der Waals surface area contributed by atoms with Gasteiger partial charge in [-0.25, -0.2) is 4.68 Å². The molecule has 0 spiro atoms. The van der Waals surface area contributed by atoms with E-state index in [0.29, 0.717) is 37.8 Å². The summed E-state index contributed by atoms with van der Waals surface area (Å²) < 4.78 is 7.13. The van der Waals surface area contributed by atoms with Crippen LogP contribution in [0.3, 0.4) is 0 Å². The molecule has 120 valence electrons. The summed E-state index contributed by atoms with van der Waals surface area (Å²) in [6.45, 7) is 6.83. The van der Waals surface area contributed by atoms with Gasteiger partial charge >= 0.3 is 5.69 Å². The van der Waals surface area contributed by atoms with Crippen molar-refractivity contribution in [2.45, 2.75) is 26.8 Å². The smallest absolute Gasteiger partial charge is 0.333 e. The molecule has 1 aromatic heterocycles. The molecular formula is C13H25N5O3. The molecule has 0 aliphatic carbocycles. The highest BCUT2D eigenvalue weighted by Gasteiger charge is 2.24. The molecule has 0 atom stereocenters. The molecule has 1 heterocycles. The monoisotopic (exact) mass is 299 g/mol. The number of ether oxygens (including phenoxy) is 1.